The number of hydrogen-bond donors (Lipinski definition) is 2. The highest BCUT2D eigenvalue weighted by molar-refractivity contribution is 6.30. The molecule has 2 heterocycles. The van der Waals surface area contributed by atoms with Crippen molar-refractivity contribution in [3.63, 3.8) is 0 Å². The molecule has 2 N–H and O–H groups in total. The van der Waals surface area contributed by atoms with Crippen LogP contribution in [0.3, 0.4) is 0 Å². The lowest BCUT2D eigenvalue weighted by atomic mass is 10.3. The molecular formula is C13H11ClN6O2. The summed E-state index contributed by atoms with van der Waals surface area (Å²) in [6, 6.07) is 7.90. The molecule has 9 heteroatoms. The van der Waals surface area contributed by atoms with Gasteiger partial charge in [0.1, 0.15) is 5.69 Å². The van der Waals surface area contributed by atoms with Crippen LogP contribution < -0.4 is 10.6 Å². The number of anilines is 2. The fourth-order valence-corrected chi connectivity index (χ4v) is 1.83. The van der Waals surface area contributed by atoms with Crippen LogP contribution in [-0.2, 0) is 7.05 Å². The average molecular weight is 319 g/mol. The predicted molar refractivity (Wildman–Crippen MR) is 80.6 cm³/mol. The first-order valence-electron chi connectivity index (χ1n) is 6.27. The molecule has 1 aromatic carbocycles. The molecule has 0 aliphatic heterocycles. The van der Waals surface area contributed by atoms with Gasteiger partial charge in [-0.25, -0.2) is 4.79 Å². The van der Waals surface area contributed by atoms with Gasteiger partial charge in [0, 0.05) is 24.0 Å². The second-order valence-corrected chi connectivity index (χ2v) is 4.81. The van der Waals surface area contributed by atoms with Gasteiger partial charge in [-0.15, -0.1) is 5.10 Å². The van der Waals surface area contributed by atoms with Gasteiger partial charge < -0.3 is 9.73 Å². The van der Waals surface area contributed by atoms with Crippen LogP contribution in [0.2, 0.25) is 5.02 Å². The van der Waals surface area contributed by atoms with Crippen LogP contribution in [0.5, 0.6) is 0 Å². The molecule has 0 aliphatic rings. The minimum Gasteiger partial charge on any atom is -0.401 e. The summed E-state index contributed by atoms with van der Waals surface area (Å²) in [6.45, 7) is 0. The normalized spacial score (nSPS) is 10.5. The number of urea groups is 1. The quantitative estimate of drug-likeness (QED) is 0.773. The fraction of sp³-hybridized carbons (Fsp3) is 0.0769. The maximum absolute atomic E-state index is 11.8. The number of rotatable bonds is 3. The SMILES string of the molecule is Cn1ccc(-c2nnc(NC(=O)Nc3ccc(Cl)cc3)o2)n1. The molecule has 0 aliphatic carbocycles. The van der Waals surface area contributed by atoms with E-state index in [4.69, 9.17) is 16.0 Å². The van der Waals surface area contributed by atoms with Crippen molar-refractivity contribution < 1.29 is 9.21 Å². The first kappa shape index (κ1) is 14.1. The summed E-state index contributed by atoms with van der Waals surface area (Å²) in [5.74, 6) is 0.224. The molecule has 0 saturated heterocycles. The minimum atomic E-state index is -0.501. The summed E-state index contributed by atoms with van der Waals surface area (Å²) in [4.78, 5) is 11.8. The molecule has 2 aromatic heterocycles. The van der Waals surface area contributed by atoms with Gasteiger partial charge in [0.05, 0.1) is 0 Å². The van der Waals surface area contributed by atoms with E-state index in [0.717, 1.165) is 0 Å². The molecule has 112 valence electrons. The molecule has 22 heavy (non-hydrogen) atoms. The third-order valence-electron chi connectivity index (χ3n) is 2.68. The van der Waals surface area contributed by atoms with Crippen molar-refractivity contribution in [2.24, 2.45) is 7.05 Å². The lowest BCUT2D eigenvalue weighted by molar-refractivity contribution is 0.261. The van der Waals surface area contributed by atoms with Crippen LogP contribution in [0.4, 0.5) is 16.5 Å². The number of hydrogen-bond acceptors (Lipinski definition) is 5. The van der Waals surface area contributed by atoms with E-state index in [1.807, 2.05) is 0 Å². The number of aryl methyl sites for hydroxylation is 1. The molecule has 3 rings (SSSR count). The van der Waals surface area contributed by atoms with Crippen molar-refractivity contribution in [2.45, 2.75) is 0 Å². The monoisotopic (exact) mass is 318 g/mol. The summed E-state index contributed by atoms with van der Waals surface area (Å²) >= 11 is 5.77. The van der Waals surface area contributed by atoms with E-state index in [2.05, 4.69) is 25.9 Å². The smallest absolute Gasteiger partial charge is 0.327 e. The zero-order chi connectivity index (χ0) is 15.5. The van der Waals surface area contributed by atoms with E-state index >= 15 is 0 Å². The Morgan fingerprint density at radius 2 is 1.95 bits per heavy atom. The third kappa shape index (κ3) is 3.23. The van der Waals surface area contributed by atoms with Gasteiger partial charge >= 0.3 is 12.0 Å². The van der Waals surface area contributed by atoms with Gasteiger partial charge in [-0.2, -0.15) is 5.10 Å². The number of nitrogens with zero attached hydrogens (tertiary/aromatic N) is 4. The summed E-state index contributed by atoms with van der Waals surface area (Å²) in [7, 11) is 1.78. The van der Waals surface area contributed by atoms with E-state index in [9.17, 15) is 4.79 Å². The maximum Gasteiger partial charge on any atom is 0.327 e. The number of halogens is 1. The zero-order valence-electron chi connectivity index (χ0n) is 11.4. The maximum atomic E-state index is 11.8. The third-order valence-corrected chi connectivity index (χ3v) is 2.93. The van der Waals surface area contributed by atoms with Gasteiger partial charge in [0.15, 0.2) is 0 Å². The number of aromatic nitrogens is 4. The van der Waals surface area contributed by atoms with Crippen LogP contribution in [-0.4, -0.2) is 26.0 Å². The average Bonchev–Trinajstić information content (AvgIpc) is 3.10. The number of nitrogens with one attached hydrogen (secondary N) is 2. The van der Waals surface area contributed by atoms with Gasteiger partial charge in [-0.05, 0) is 30.3 Å². The summed E-state index contributed by atoms with van der Waals surface area (Å²) in [5, 5.41) is 17.3. The number of carbonyl (C=O) groups is 1. The molecule has 0 spiro atoms. The van der Waals surface area contributed by atoms with Crippen LogP contribution in [0.25, 0.3) is 11.6 Å². The Labute approximate surface area is 130 Å². The van der Waals surface area contributed by atoms with Gasteiger partial charge in [0.25, 0.3) is 5.89 Å². The standard InChI is InChI=1S/C13H11ClN6O2/c1-20-7-6-10(19-20)11-17-18-13(22-11)16-12(21)15-9-4-2-8(14)3-5-9/h2-7H,1H3,(H2,15,16,18,21). The molecule has 0 radical (unpaired) electrons. The Morgan fingerprint density at radius 3 is 2.64 bits per heavy atom. The number of carbonyl (C=O) groups excluding carboxylic acids is 1. The highest BCUT2D eigenvalue weighted by atomic mass is 35.5. The summed E-state index contributed by atoms with van der Waals surface area (Å²) in [5.41, 5.74) is 1.12. The molecule has 0 atom stereocenters. The van der Waals surface area contributed by atoms with Crippen LogP contribution in [0, 0.1) is 0 Å². The van der Waals surface area contributed by atoms with Gasteiger partial charge in [-0.1, -0.05) is 16.7 Å². The second-order valence-electron chi connectivity index (χ2n) is 4.37. The molecular weight excluding hydrogens is 308 g/mol. The number of benzene rings is 1. The predicted octanol–water partition coefficient (Wildman–Crippen LogP) is 2.77. The lowest BCUT2D eigenvalue weighted by Gasteiger charge is -2.04. The highest BCUT2D eigenvalue weighted by Crippen LogP contribution is 2.18. The molecule has 0 unspecified atom stereocenters. The van der Waals surface area contributed by atoms with E-state index in [0.29, 0.717) is 16.4 Å². The van der Waals surface area contributed by atoms with Crippen LogP contribution >= 0.6 is 11.6 Å². The second kappa shape index (κ2) is 5.86. The van der Waals surface area contributed by atoms with Crippen molar-refractivity contribution in [2.75, 3.05) is 10.6 Å². The highest BCUT2D eigenvalue weighted by Gasteiger charge is 2.13. The first-order valence-corrected chi connectivity index (χ1v) is 6.65. The van der Waals surface area contributed by atoms with Crippen molar-refractivity contribution in [1.82, 2.24) is 20.0 Å². The largest absolute Gasteiger partial charge is 0.401 e. The Bertz CT molecular complexity index is 795. The summed E-state index contributed by atoms with van der Waals surface area (Å²) < 4.78 is 6.93. The Balaban J connectivity index is 1.64. The van der Waals surface area contributed by atoms with Gasteiger partial charge in [-0.3, -0.25) is 10.00 Å². The summed E-state index contributed by atoms with van der Waals surface area (Å²) in [6.07, 6.45) is 1.75. The van der Waals surface area contributed by atoms with Crippen molar-refractivity contribution in [1.29, 1.82) is 0 Å². The molecule has 8 nitrogen and oxygen atoms in total. The van der Waals surface area contributed by atoms with E-state index in [1.54, 1.807) is 48.3 Å². The molecule has 2 amide bonds. The molecule has 0 bridgehead atoms. The Kier molecular flexibility index (Phi) is 3.75. The first-order chi connectivity index (χ1) is 10.6. The Morgan fingerprint density at radius 1 is 1.18 bits per heavy atom. The van der Waals surface area contributed by atoms with E-state index in [1.165, 1.54) is 0 Å². The topological polar surface area (TPSA) is 97.9 Å². The molecule has 0 saturated carbocycles. The molecule has 3 aromatic rings. The number of amides is 2. The van der Waals surface area contributed by atoms with Gasteiger partial charge in [0.2, 0.25) is 0 Å². The minimum absolute atomic E-state index is 0.0212. The zero-order valence-corrected chi connectivity index (χ0v) is 12.2. The fourth-order valence-electron chi connectivity index (χ4n) is 1.70. The molecule has 0 fully saturated rings. The van der Waals surface area contributed by atoms with E-state index in [-0.39, 0.29) is 11.9 Å². The van der Waals surface area contributed by atoms with Crippen molar-refractivity contribution in [3.05, 3.63) is 41.6 Å². The lowest BCUT2D eigenvalue weighted by Crippen LogP contribution is -2.19. The van der Waals surface area contributed by atoms with E-state index < -0.39 is 6.03 Å². The van der Waals surface area contributed by atoms with Crippen molar-refractivity contribution >= 4 is 29.3 Å². The van der Waals surface area contributed by atoms with Crippen molar-refractivity contribution in [3.8, 4) is 11.6 Å². The van der Waals surface area contributed by atoms with Crippen LogP contribution in [0.1, 0.15) is 0 Å². The Hall–Kier alpha value is -2.87. The van der Waals surface area contributed by atoms with Crippen LogP contribution in [0.15, 0.2) is 40.9 Å².